The van der Waals surface area contributed by atoms with Crippen molar-refractivity contribution in [2.75, 3.05) is 5.32 Å². The summed E-state index contributed by atoms with van der Waals surface area (Å²) >= 11 is 0. The van der Waals surface area contributed by atoms with Gasteiger partial charge in [0.25, 0.3) is 0 Å². The van der Waals surface area contributed by atoms with Crippen molar-refractivity contribution in [3.63, 3.8) is 0 Å². The van der Waals surface area contributed by atoms with Crippen LogP contribution in [0.25, 0.3) is 11.1 Å². The number of sulfonamides is 1. The molecule has 0 unspecified atom stereocenters. The Balaban J connectivity index is 2.61. The molecule has 0 aliphatic heterocycles. The fourth-order valence-electron chi connectivity index (χ4n) is 1.89. The third-order valence-corrected chi connectivity index (χ3v) is 3.64. The van der Waals surface area contributed by atoms with Crippen molar-refractivity contribution in [1.82, 2.24) is 0 Å². The first kappa shape index (κ1) is 14.2. The highest BCUT2D eigenvalue weighted by molar-refractivity contribution is 7.89. The molecule has 2 aromatic rings. The molecule has 0 atom stereocenters. The smallest absolute Gasteiger partial charge is 0.238 e. The third-order valence-electron chi connectivity index (χ3n) is 2.69. The summed E-state index contributed by atoms with van der Waals surface area (Å²) in [5.74, 6) is -0.280. The second-order valence-corrected chi connectivity index (χ2v) is 5.83. The number of anilines is 1. The molecule has 2 rings (SSSR count). The summed E-state index contributed by atoms with van der Waals surface area (Å²) in [6, 6.07) is 13.7. The number of nitrogens with two attached hydrogens (primary N) is 1. The highest BCUT2D eigenvalue weighted by Crippen LogP contribution is 2.29. The molecule has 0 aliphatic rings. The van der Waals surface area contributed by atoms with Crippen molar-refractivity contribution < 1.29 is 13.2 Å². The van der Waals surface area contributed by atoms with E-state index in [1.165, 1.54) is 13.0 Å². The number of primary sulfonamides is 1. The molecular formula is C14H14N2O3S. The Kier molecular flexibility index (Phi) is 3.87. The molecule has 2 aromatic carbocycles. The topological polar surface area (TPSA) is 89.3 Å². The predicted octanol–water partition coefficient (Wildman–Crippen LogP) is 1.96. The Hall–Kier alpha value is -2.18. The molecule has 0 heterocycles. The van der Waals surface area contributed by atoms with Gasteiger partial charge in [0, 0.05) is 18.2 Å². The van der Waals surface area contributed by atoms with E-state index in [2.05, 4.69) is 5.32 Å². The number of carbonyl (C=O) groups excluding carboxylic acids is 1. The molecule has 0 aromatic heterocycles. The molecule has 0 saturated heterocycles. The summed E-state index contributed by atoms with van der Waals surface area (Å²) in [5, 5.41) is 7.79. The van der Waals surface area contributed by atoms with Gasteiger partial charge in [0.1, 0.15) is 0 Å². The van der Waals surface area contributed by atoms with E-state index in [1.54, 1.807) is 24.3 Å². The first-order valence-electron chi connectivity index (χ1n) is 5.88. The number of benzene rings is 2. The Labute approximate surface area is 117 Å². The van der Waals surface area contributed by atoms with E-state index in [9.17, 15) is 13.2 Å². The molecule has 0 bridgehead atoms. The molecule has 3 N–H and O–H groups in total. The SMILES string of the molecule is CC(=O)Nc1ccc(-c2ccccc2)c(S(N)(=O)=O)c1. The van der Waals surface area contributed by atoms with Crippen LogP contribution < -0.4 is 10.5 Å². The maximum Gasteiger partial charge on any atom is 0.238 e. The minimum absolute atomic E-state index is 0.0186. The maximum absolute atomic E-state index is 11.7. The summed E-state index contributed by atoms with van der Waals surface area (Å²) < 4.78 is 23.5. The zero-order valence-electron chi connectivity index (χ0n) is 10.8. The lowest BCUT2D eigenvalue weighted by atomic mass is 10.1. The monoisotopic (exact) mass is 290 g/mol. The van der Waals surface area contributed by atoms with Gasteiger partial charge >= 0.3 is 0 Å². The first-order chi connectivity index (χ1) is 9.38. The largest absolute Gasteiger partial charge is 0.326 e. The van der Waals surface area contributed by atoms with Gasteiger partial charge in [0.2, 0.25) is 15.9 Å². The summed E-state index contributed by atoms with van der Waals surface area (Å²) in [6.45, 7) is 1.35. The van der Waals surface area contributed by atoms with Crippen molar-refractivity contribution in [1.29, 1.82) is 0 Å². The number of carbonyl (C=O) groups is 1. The summed E-state index contributed by atoms with van der Waals surface area (Å²) in [6.07, 6.45) is 0. The standard InChI is InChI=1S/C14H14N2O3S/c1-10(17)16-12-7-8-13(11-5-3-2-4-6-11)14(9-12)20(15,18)19/h2-9H,1H3,(H,16,17)(H2,15,18,19). The zero-order chi connectivity index (χ0) is 14.8. The number of rotatable bonds is 3. The Morgan fingerprint density at radius 1 is 1.10 bits per heavy atom. The second kappa shape index (κ2) is 5.44. The minimum Gasteiger partial charge on any atom is -0.326 e. The van der Waals surface area contributed by atoms with Crippen molar-refractivity contribution in [2.24, 2.45) is 5.14 Å². The van der Waals surface area contributed by atoms with Crippen LogP contribution in [-0.4, -0.2) is 14.3 Å². The second-order valence-electron chi connectivity index (χ2n) is 4.30. The van der Waals surface area contributed by atoms with Crippen LogP contribution in [0.1, 0.15) is 6.92 Å². The highest BCUT2D eigenvalue weighted by atomic mass is 32.2. The lowest BCUT2D eigenvalue weighted by molar-refractivity contribution is -0.114. The molecule has 0 spiro atoms. The van der Waals surface area contributed by atoms with Gasteiger partial charge in [0.15, 0.2) is 0 Å². The molecular weight excluding hydrogens is 276 g/mol. The quantitative estimate of drug-likeness (QED) is 0.905. The van der Waals surface area contributed by atoms with E-state index >= 15 is 0 Å². The Bertz CT molecular complexity index is 740. The summed E-state index contributed by atoms with van der Waals surface area (Å²) in [7, 11) is -3.89. The van der Waals surface area contributed by atoms with Gasteiger partial charge in [-0.2, -0.15) is 0 Å². The van der Waals surface area contributed by atoms with Crippen LogP contribution in [0.5, 0.6) is 0 Å². The predicted molar refractivity (Wildman–Crippen MR) is 77.6 cm³/mol. The van der Waals surface area contributed by atoms with Crippen molar-refractivity contribution in [3.8, 4) is 11.1 Å². The maximum atomic E-state index is 11.7. The van der Waals surface area contributed by atoms with Crippen LogP contribution >= 0.6 is 0 Å². The summed E-state index contributed by atoms with van der Waals surface area (Å²) in [5.41, 5.74) is 1.63. The normalized spacial score (nSPS) is 11.1. The number of hydrogen-bond donors (Lipinski definition) is 2. The fraction of sp³-hybridized carbons (Fsp3) is 0.0714. The van der Waals surface area contributed by atoms with Gasteiger partial charge < -0.3 is 5.32 Å². The van der Waals surface area contributed by atoms with E-state index in [4.69, 9.17) is 5.14 Å². The lowest BCUT2D eigenvalue weighted by Gasteiger charge is -2.10. The van der Waals surface area contributed by atoms with Gasteiger partial charge in [-0.15, -0.1) is 0 Å². The van der Waals surface area contributed by atoms with Gasteiger partial charge in [-0.05, 0) is 17.7 Å². The van der Waals surface area contributed by atoms with Crippen LogP contribution in [0.4, 0.5) is 5.69 Å². The van der Waals surface area contributed by atoms with Crippen molar-refractivity contribution >= 4 is 21.6 Å². The molecule has 0 saturated carbocycles. The number of amides is 1. The molecule has 5 nitrogen and oxygen atoms in total. The van der Waals surface area contributed by atoms with E-state index in [-0.39, 0.29) is 10.8 Å². The van der Waals surface area contributed by atoms with Crippen LogP contribution in [0, 0.1) is 0 Å². The van der Waals surface area contributed by atoms with Crippen LogP contribution in [-0.2, 0) is 14.8 Å². The average molecular weight is 290 g/mol. The minimum atomic E-state index is -3.89. The number of nitrogens with one attached hydrogen (secondary N) is 1. The molecule has 0 fully saturated rings. The van der Waals surface area contributed by atoms with Crippen LogP contribution in [0.15, 0.2) is 53.4 Å². The molecule has 0 aliphatic carbocycles. The Morgan fingerprint density at radius 3 is 2.30 bits per heavy atom. The van der Waals surface area contributed by atoms with E-state index < -0.39 is 10.0 Å². The van der Waals surface area contributed by atoms with Gasteiger partial charge in [-0.1, -0.05) is 36.4 Å². The van der Waals surface area contributed by atoms with E-state index in [0.29, 0.717) is 11.3 Å². The third kappa shape index (κ3) is 3.23. The van der Waals surface area contributed by atoms with Crippen molar-refractivity contribution in [2.45, 2.75) is 11.8 Å². The van der Waals surface area contributed by atoms with Crippen LogP contribution in [0.3, 0.4) is 0 Å². The highest BCUT2D eigenvalue weighted by Gasteiger charge is 2.16. The molecule has 6 heteroatoms. The van der Waals surface area contributed by atoms with E-state index in [0.717, 1.165) is 5.56 Å². The van der Waals surface area contributed by atoms with Gasteiger partial charge in [-0.3, -0.25) is 4.79 Å². The van der Waals surface area contributed by atoms with Gasteiger partial charge in [0.05, 0.1) is 4.90 Å². The average Bonchev–Trinajstić information content (AvgIpc) is 2.38. The zero-order valence-corrected chi connectivity index (χ0v) is 11.6. The molecule has 1 amide bonds. The number of hydrogen-bond acceptors (Lipinski definition) is 3. The van der Waals surface area contributed by atoms with Crippen molar-refractivity contribution in [3.05, 3.63) is 48.5 Å². The summed E-state index contributed by atoms with van der Waals surface area (Å²) in [4.78, 5) is 11.0. The molecule has 104 valence electrons. The molecule has 20 heavy (non-hydrogen) atoms. The van der Waals surface area contributed by atoms with Crippen LogP contribution in [0.2, 0.25) is 0 Å². The molecule has 0 radical (unpaired) electrons. The van der Waals surface area contributed by atoms with Gasteiger partial charge in [-0.25, -0.2) is 13.6 Å². The fourth-order valence-corrected chi connectivity index (χ4v) is 2.68. The Morgan fingerprint density at radius 2 is 1.75 bits per heavy atom. The first-order valence-corrected chi connectivity index (χ1v) is 7.42. The lowest BCUT2D eigenvalue weighted by Crippen LogP contribution is -2.14. The van der Waals surface area contributed by atoms with E-state index in [1.807, 2.05) is 18.2 Å².